The van der Waals surface area contributed by atoms with Gasteiger partial charge in [0.05, 0.1) is 5.60 Å². The molecule has 0 spiro atoms. The number of rotatable bonds is 9. The summed E-state index contributed by atoms with van der Waals surface area (Å²) in [6.45, 7) is 10.6. The Kier molecular flexibility index (Phi) is 9.04. The van der Waals surface area contributed by atoms with E-state index in [0.29, 0.717) is 5.69 Å². The first-order chi connectivity index (χ1) is 15.0. The molecule has 0 bridgehead atoms. The first-order valence-electron chi connectivity index (χ1n) is 10.7. The maximum absolute atomic E-state index is 12.5. The fourth-order valence-electron chi connectivity index (χ4n) is 3.68. The highest BCUT2D eigenvalue weighted by atomic mass is 28.2. The van der Waals surface area contributed by atoms with E-state index in [4.69, 9.17) is 9.16 Å². The molecule has 32 heavy (non-hydrogen) atoms. The van der Waals surface area contributed by atoms with Crippen molar-refractivity contribution in [1.29, 1.82) is 0 Å². The molecule has 2 atom stereocenters. The Morgan fingerprint density at radius 3 is 2.25 bits per heavy atom. The van der Waals surface area contributed by atoms with Crippen LogP contribution in [0.2, 0.25) is 0 Å². The minimum Gasteiger partial charge on any atom is -0.445 e. The van der Waals surface area contributed by atoms with Gasteiger partial charge in [0.2, 0.25) is 16.4 Å². The fourth-order valence-corrected chi connectivity index (χ4v) is 3.99. The number of hydrogen-bond acceptors (Lipinski definition) is 4. The Morgan fingerprint density at radius 1 is 1.00 bits per heavy atom. The van der Waals surface area contributed by atoms with E-state index >= 15 is 0 Å². The average molecular weight is 454 g/mol. The highest BCUT2D eigenvalue weighted by molar-refractivity contribution is 5.98. The van der Waals surface area contributed by atoms with Crippen LogP contribution in [0.3, 0.4) is 0 Å². The van der Waals surface area contributed by atoms with Gasteiger partial charge in [-0.3, -0.25) is 4.79 Å². The van der Waals surface area contributed by atoms with E-state index in [0.717, 1.165) is 17.5 Å². The second-order valence-corrected chi connectivity index (χ2v) is 9.59. The molecule has 2 N–H and O–H groups in total. The van der Waals surface area contributed by atoms with Crippen molar-refractivity contribution in [1.82, 2.24) is 5.32 Å². The van der Waals surface area contributed by atoms with E-state index in [1.54, 1.807) is 0 Å². The molecular weight excluding hydrogens is 420 g/mol. The number of benzene rings is 2. The third-order valence-electron chi connectivity index (χ3n) is 5.41. The third kappa shape index (κ3) is 7.49. The van der Waals surface area contributed by atoms with Crippen molar-refractivity contribution in [3.63, 3.8) is 0 Å². The zero-order chi connectivity index (χ0) is 23.8. The van der Waals surface area contributed by atoms with Crippen molar-refractivity contribution in [2.24, 2.45) is 11.3 Å². The molecule has 0 aliphatic carbocycles. The van der Waals surface area contributed by atoms with E-state index in [1.165, 1.54) is 0 Å². The van der Waals surface area contributed by atoms with Gasteiger partial charge in [-0.15, -0.1) is 0 Å². The summed E-state index contributed by atoms with van der Waals surface area (Å²) in [6.07, 6.45) is 0.273. The average Bonchev–Trinajstić information content (AvgIpc) is 2.75. The van der Waals surface area contributed by atoms with Crippen molar-refractivity contribution < 1.29 is 18.8 Å². The molecule has 0 aromatic heterocycles. The van der Waals surface area contributed by atoms with E-state index in [9.17, 15) is 9.59 Å². The van der Waals surface area contributed by atoms with Crippen LogP contribution in [-0.4, -0.2) is 29.0 Å². The van der Waals surface area contributed by atoms with Gasteiger partial charge in [-0.05, 0) is 36.3 Å². The van der Waals surface area contributed by atoms with Gasteiger partial charge < -0.3 is 19.8 Å². The Balaban J connectivity index is 2.00. The van der Waals surface area contributed by atoms with E-state index in [-0.39, 0.29) is 30.4 Å². The van der Waals surface area contributed by atoms with Gasteiger partial charge in [0.1, 0.15) is 13.2 Å². The Labute approximate surface area is 194 Å². The lowest BCUT2D eigenvalue weighted by Gasteiger charge is -2.39. The van der Waals surface area contributed by atoms with Crippen LogP contribution in [0.25, 0.3) is 0 Å². The summed E-state index contributed by atoms with van der Waals surface area (Å²) in [5.41, 5.74) is 1.81. The molecule has 2 aromatic carbocycles. The number of carbonyl (C=O) groups is 2. The summed E-state index contributed by atoms with van der Waals surface area (Å²) < 4.78 is 10.9. The number of nitrogens with one attached hydrogen (secondary N) is 2. The number of alkyl carbamates (subject to hydrolysis) is 1. The predicted octanol–water partition coefficient (Wildman–Crippen LogP) is 4.94. The lowest BCUT2D eigenvalue weighted by Crippen LogP contribution is -2.37. The maximum atomic E-state index is 12.5. The topological polar surface area (TPSA) is 76.7 Å². The van der Waals surface area contributed by atoms with Crippen LogP contribution in [-0.2, 0) is 26.2 Å². The minimum absolute atomic E-state index is 0.119. The summed E-state index contributed by atoms with van der Waals surface area (Å²) >= 11 is 0. The summed E-state index contributed by atoms with van der Waals surface area (Å²) in [4.78, 5) is 24.5. The van der Waals surface area contributed by atoms with Crippen LogP contribution in [0, 0.1) is 11.3 Å². The minimum atomic E-state index is -0.671. The lowest BCUT2D eigenvalue weighted by atomic mass is 9.74. The Hall–Kier alpha value is -2.64. The molecule has 2 rings (SSSR count). The molecule has 3 radical (unpaired) electrons. The number of ether oxygens (including phenoxy) is 1. The number of amides is 2. The van der Waals surface area contributed by atoms with E-state index < -0.39 is 11.7 Å². The number of anilines is 1. The summed E-state index contributed by atoms with van der Waals surface area (Å²) in [5, 5.41) is 5.37. The zero-order valence-corrected chi connectivity index (χ0v) is 20.5. The van der Waals surface area contributed by atoms with E-state index in [2.05, 4.69) is 48.8 Å². The molecule has 0 heterocycles. The third-order valence-corrected chi connectivity index (χ3v) is 5.84. The van der Waals surface area contributed by atoms with Gasteiger partial charge in [0.15, 0.2) is 0 Å². The van der Waals surface area contributed by atoms with Crippen molar-refractivity contribution in [2.45, 2.75) is 53.2 Å². The van der Waals surface area contributed by atoms with Gasteiger partial charge in [0, 0.05) is 11.3 Å². The van der Waals surface area contributed by atoms with Crippen LogP contribution >= 0.6 is 0 Å². The van der Waals surface area contributed by atoms with Crippen LogP contribution in [0.1, 0.15) is 52.2 Å². The van der Waals surface area contributed by atoms with E-state index in [1.807, 2.05) is 61.5 Å². The predicted molar refractivity (Wildman–Crippen MR) is 127 cm³/mol. The highest BCUT2D eigenvalue weighted by Crippen LogP contribution is 2.42. The summed E-state index contributed by atoms with van der Waals surface area (Å²) in [7, 11) is 3.27. The van der Waals surface area contributed by atoms with Crippen LogP contribution in [0.15, 0.2) is 54.6 Å². The molecule has 6 nitrogen and oxygen atoms in total. The molecule has 7 heteroatoms. The van der Waals surface area contributed by atoms with Crippen molar-refractivity contribution >= 4 is 28.2 Å². The quantitative estimate of drug-likeness (QED) is 0.527. The smallest absolute Gasteiger partial charge is 0.407 e. The lowest BCUT2D eigenvalue weighted by molar-refractivity contribution is -0.115. The second kappa shape index (κ2) is 11.3. The van der Waals surface area contributed by atoms with Crippen LogP contribution in [0.4, 0.5) is 10.5 Å². The molecule has 2 unspecified atom stereocenters. The second-order valence-electron chi connectivity index (χ2n) is 9.38. The molecule has 0 saturated heterocycles. The maximum Gasteiger partial charge on any atom is 0.407 e. The number of carbonyl (C=O) groups excluding carboxylic acids is 2. The molecule has 171 valence electrons. The Morgan fingerprint density at radius 2 is 1.62 bits per heavy atom. The normalized spacial score (nSPS) is 14.2. The highest BCUT2D eigenvalue weighted by Gasteiger charge is 2.36. The van der Waals surface area contributed by atoms with Gasteiger partial charge >= 0.3 is 6.09 Å². The van der Waals surface area contributed by atoms with Gasteiger partial charge in [-0.1, -0.05) is 76.2 Å². The first kappa shape index (κ1) is 25.6. The fraction of sp³-hybridized carbons (Fsp3) is 0.440. The largest absolute Gasteiger partial charge is 0.445 e. The number of para-hydroxylation sites is 1. The molecule has 2 aromatic rings. The molecule has 0 aliphatic heterocycles. The molecule has 0 saturated carbocycles. The van der Waals surface area contributed by atoms with Crippen LogP contribution < -0.4 is 10.6 Å². The first-order valence-corrected chi connectivity index (χ1v) is 11.1. The van der Waals surface area contributed by atoms with Gasteiger partial charge in [-0.25, -0.2) is 4.79 Å². The molecular formula is C25H33N2O4Si. The van der Waals surface area contributed by atoms with Gasteiger partial charge in [0.25, 0.3) is 0 Å². The van der Waals surface area contributed by atoms with Crippen molar-refractivity contribution in [2.75, 3.05) is 11.9 Å². The zero-order valence-electron chi connectivity index (χ0n) is 19.5. The van der Waals surface area contributed by atoms with Crippen LogP contribution in [0.5, 0.6) is 0 Å². The van der Waals surface area contributed by atoms with Crippen molar-refractivity contribution in [3.05, 3.63) is 65.7 Å². The molecule has 0 fully saturated rings. The van der Waals surface area contributed by atoms with Gasteiger partial charge in [-0.2, -0.15) is 0 Å². The Bertz CT molecular complexity index is 898. The SMILES string of the molecule is CC(CC(C)(C)C)C(C)(O[Si])c1ccccc1NC(=O)CNC(=O)OCc1ccccc1. The monoisotopic (exact) mass is 453 g/mol. The standard InChI is InChI=1S/C25H33N2O4Si/c1-18(15-24(2,3)4)25(5,31-32)20-13-9-10-14-21(20)27-22(28)16-26-23(29)30-17-19-11-7-6-8-12-19/h6-14,18H,15-17H2,1-5H3,(H,26,29)(H,27,28). The summed E-state index contributed by atoms with van der Waals surface area (Å²) in [6, 6.07) is 16.9. The molecule has 2 amide bonds. The molecule has 0 aliphatic rings. The number of hydrogen-bond donors (Lipinski definition) is 2. The summed E-state index contributed by atoms with van der Waals surface area (Å²) in [5.74, 6) is -0.196. The van der Waals surface area contributed by atoms with Crippen molar-refractivity contribution in [3.8, 4) is 0 Å².